The topological polar surface area (TPSA) is 89.8 Å². The van der Waals surface area contributed by atoms with E-state index in [1.807, 2.05) is 0 Å². The van der Waals surface area contributed by atoms with E-state index in [0.29, 0.717) is 13.0 Å². The van der Waals surface area contributed by atoms with Crippen LogP contribution in [0.5, 0.6) is 0 Å². The van der Waals surface area contributed by atoms with Gasteiger partial charge in [0.25, 0.3) is 11.6 Å². The van der Waals surface area contributed by atoms with Gasteiger partial charge in [-0.1, -0.05) is 6.07 Å². The Kier molecular flexibility index (Phi) is 4.52. The van der Waals surface area contributed by atoms with Crippen LogP contribution < -0.4 is 0 Å². The second-order valence-corrected chi connectivity index (χ2v) is 4.84. The van der Waals surface area contributed by atoms with Crippen LogP contribution in [-0.4, -0.2) is 41.4 Å². The van der Waals surface area contributed by atoms with Crippen molar-refractivity contribution in [3.63, 3.8) is 0 Å². The van der Waals surface area contributed by atoms with Crippen LogP contribution in [0.2, 0.25) is 0 Å². The maximum atomic E-state index is 12.5. The number of hydrogen-bond acceptors (Lipinski definition) is 5. The summed E-state index contributed by atoms with van der Waals surface area (Å²) in [6.45, 7) is 0.446. The summed E-state index contributed by atoms with van der Waals surface area (Å²) < 4.78 is 4.73. The van der Waals surface area contributed by atoms with E-state index >= 15 is 0 Å². The van der Waals surface area contributed by atoms with Gasteiger partial charge in [-0.05, 0) is 25.3 Å². The third-order valence-corrected chi connectivity index (χ3v) is 3.54. The van der Waals surface area contributed by atoms with Crippen LogP contribution >= 0.6 is 0 Å². The molecule has 112 valence electrons. The molecule has 0 radical (unpaired) electrons. The van der Waals surface area contributed by atoms with E-state index < -0.39 is 16.9 Å². The number of nitro benzene ring substituents is 1. The zero-order valence-electron chi connectivity index (χ0n) is 11.7. The zero-order chi connectivity index (χ0) is 15.4. The molecule has 1 atom stereocenters. The molecule has 0 spiro atoms. The molecule has 1 amide bonds. The molecule has 1 aromatic carbocycles. The van der Waals surface area contributed by atoms with Gasteiger partial charge in [-0.15, -0.1) is 0 Å². The summed E-state index contributed by atoms with van der Waals surface area (Å²) in [6.07, 6.45) is 2.19. The van der Waals surface area contributed by atoms with Crippen molar-refractivity contribution in [2.24, 2.45) is 0 Å². The number of non-ortho nitro benzene ring substituents is 1. The molecule has 21 heavy (non-hydrogen) atoms. The van der Waals surface area contributed by atoms with Gasteiger partial charge in [0.05, 0.1) is 12.0 Å². The number of carbonyl (C=O) groups excluding carboxylic acids is 2. The number of methoxy groups -OCH3 is 1. The Morgan fingerprint density at radius 2 is 2.14 bits per heavy atom. The summed E-state index contributed by atoms with van der Waals surface area (Å²) in [4.78, 5) is 35.9. The molecule has 0 unspecified atom stereocenters. The Morgan fingerprint density at radius 3 is 2.81 bits per heavy atom. The van der Waals surface area contributed by atoms with Gasteiger partial charge >= 0.3 is 5.97 Å². The number of esters is 1. The molecule has 0 bridgehead atoms. The molecule has 0 aromatic heterocycles. The zero-order valence-corrected chi connectivity index (χ0v) is 11.7. The van der Waals surface area contributed by atoms with Gasteiger partial charge < -0.3 is 9.64 Å². The third kappa shape index (κ3) is 3.18. The SMILES string of the molecule is COC(=O)[C@H]1CCCCN1C(=O)c1cccc([N+](=O)[O-])c1. The normalized spacial score (nSPS) is 18.1. The van der Waals surface area contributed by atoms with Crippen molar-refractivity contribution in [3.05, 3.63) is 39.9 Å². The highest BCUT2D eigenvalue weighted by atomic mass is 16.6. The molecular formula is C14H16N2O5. The van der Waals surface area contributed by atoms with E-state index in [-0.39, 0.29) is 17.2 Å². The van der Waals surface area contributed by atoms with Crippen LogP contribution in [0.3, 0.4) is 0 Å². The average molecular weight is 292 g/mol. The Hall–Kier alpha value is -2.44. The molecule has 1 aromatic rings. The molecule has 1 heterocycles. The number of rotatable bonds is 3. The largest absolute Gasteiger partial charge is 0.467 e. The van der Waals surface area contributed by atoms with Crippen molar-refractivity contribution in [3.8, 4) is 0 Å². The average Bonchev–Trinajstić information content (AvgIpc) is 2.53. The summed E-state index contributed by atoms with van der Waals surface area (Å²) >= 11 is 0. The summed E-state index contributed by atoms with van der Waals surface area (Å²) in [5.74, 6) is -0.831. The smallest absolute Gasteiger partial charge is 0.328 e. The van der Waals surface area contributed by atoms with Crippen molar-refractivity contribution < 1.29 is 19.2 Å². The number of nitro groups is 1. The molecule has 7 heteroatoms. The number of carbonyl (C=O) groups is 2. The first-order chi connectivity index (χ1) is 10.0. The summed E-state index contributed by atoms with van der Waals surface area (Å²) in [5, 5.41) is 10.8. The standard InChI is InChI=1S/C14H16N2O5/c1-21-14(18)12-7-2-3-8-15(12)13(17)10-5-4-6-11(9-10)16(19)20/h4-6,9,12H,2-3,7-8H2,1H3/t12-/m1/s1. The molecule has 0 saturated carbocycles. The number of ether oxygens (including phenoxy) is 1. The Labute approximate surface area is 121 Å². The fraction of sp³-hybridized carbons (Fsp3) is 0.429. The molecule has 7 nitrogen and oxygen atoms in total. The highest BCUT2D eigenvalue weighted by Gasteiger charge is 2.33. The Balaban J connectivity index is 2.26. The quantitative estimate of drug-likeness (QED) is 0.481. The van der Waals surface area contributed by atoms with Gasteiger partial charge in [-0.2, -0.15) is 0 Å². The van der Waals surface area contributed by atoms with Crippen molar-refractivity contribution in [1.82, 2.24) is 4.90 Å². The van der Waals surface area contributed by atoms with Crippen molar-refractivity contribution in [2.45, 2.75) is 25.3 Å². The molecule has 1 aliphatic rings. The lowest BCUT2D eigenvalue weighted by Gasteiger charge is -2.33. The van der Waals surface area contributed by atoms with Crippen molar-refractivity contribution in [2.75, 3.05) is 13.7 Å². The fourth-order valence-electron chi connectivity index (χ4n) is 2.47. The number of piperidine rings is 1. The van der Waals surface area contributed by atoms with E-state index in [0.717, 1.165) is 12.8 Å². The minimum atomic E-state index is -0.615. The highest BCUT2D eigenvalue weighted by molar-refractivity contribution is 5.97. The molecule has 0 aliphatic carbocycles. The van der Waals surface area contributed by atoms with Crippen LogP contribution in [0.25, 0.3) is 0 Å². The van der Waals surface area contributed by atoms with Gasteiger partial charge in [0.1, 0.15) is 6.04 Å². The fourth-order valence-corrected chi connectivity index (χ4v) is 2.47. The molecule has 1 fully saturated rings. The van der Waals surface area contributed by atoms with Crippen molar-refractivity contribution in [1.29, 1.82) is 0 Å². The van der Waals surface area contributed by atoms with Gasteiger partial charge in [-0.25, -0.2) is 4.79 Å². The number of hydrogen-bond donors (Lipinski definition) is 0. The first-order valence-electron chi connectivity index (χ1n) is 6.68. The van der Waals surface area contributed by atoms with Crippen molar-refractivity contribution >= 4 is 17.6 Å². The molecule has 0 N–H and O–H groups in total. The number of likely N-dealkylation sites (tertiary alicyclic amines) is 1. The van der Waals surface area contributed by atoms with E-state index in [4.69, 9.17) is 4.74 Å². The lowest BCUT2D eigenvalue weighted by molar-refractivity contribution is -0.384. The van der Waals surface area contributed by atoms with Crippen LogP contribution in [0.15, 0.2) is 24.3 Å². The number of amides is 1. The number of benzene rings is 1. The first kappa shape index (κ1) is 15.0. The Morgan fingerprint density at radius 1 is 1.38 bits per heavy atom. The molecule has 1 aliphatic heterocycles. The summed E-state index contributed by atoms with van der Waals surface area (Å²) in [6, 6.07) is 4.91. The van der Waals surface area contributed by atoms with E-state index in [1.54, 1.807) is 0 Å². The molecule has 1 saturated heterocycles. The van der Waals surface area contributed by atoms with E-state index in [9.17, 15) is 19.7 Å². The maximum absolute atomic E-state index is 12.5. The predicted octanol–water partition coefficient (Wildman–Crippen LogP) is 1.76. The van der Waals surface area contributed by atoms with Gasteiger partial charge in [0, 0.05) is 24.2 Å². The molecular weight excluding hydrogens is 276 g/mol. The summed E-state index contributed by atoms with van der Waals surface area (Å²) in [5.41, 5.74) is 0.0625. The minimum absolute atomic E-state index is 0.146. The Bertz CT molecular complexity index is 572. The van der Waals surface area contributed by atoms with Crippen LogP contribution in [0.4, 0.5) is 5.69 Å². The second kappa shape index (κ2) is 6.34. The predicted molar refractivity (Wildman–Crippen MR) is 73.8 cm³/mol. The number of nitrogens with zero attached hydrogens (tertiary/aromatic N) is 2. The van der Waals surface area contributed by atoms with Gasteiger partial charge in [0.2, 0.25) is 0 Å². The third-order valence-electron chi connectivity index (χ3n) is 3.54. The highest BCUT2D eigenvalue weighted by Crippen LogP contribution is 2.22. The lowest BCUT2D eigenvalue weighted by Crippen LogP contribution is -2.48. The maximum Gasteiger partial charge on any atom is 0.328 e. The van der Waals surface area contributed by atoms with Crippen LogP contribution in [0, 0.1) is 10.1 Å². The van der Waals surface area contributed by atoms with Gasteiger partial charge in [0.15, 0.2) is 0 Å². The summed E-state index contributed by atoms with van der Waals surface area (Å²) in [7, 11) is 1.28. The van der Waals surface area contributed by atoms with Crippen LogP contribution in [-0.2, 0) is 9.53 Å². The van der Waals surface area contributed by atoms with E-state index in [2.05, 4.69) is 0 Å². The molecule has 2 rings (SSSR count). The monoisotopic (exact) mass is 292 g/mol. The lowest BCUT2D eigenvalue weighted by atomic mass is 10.0. The first-order valence-corrected chi connectivity index (χ1v) is 6.68. The second-order valence-electron chi connectivity index (χ2n) is 4.84. The minimum Gasteiger partial charge on any atom is -0.467 e. The van der Waals surface area contributed by atoms with E-state index in [1.165, 1.54) is 36.3 Å². The van der Waals surface area contributed by atoms with Gasteiger partial charge in [-0.3, -0.25) is 14.9 Å². The van der Waals surface area contributed by atoms with Crippen LogP contribution in [0.1, 0.15) is 29.6 Å².